The second-order valence-corrected chi connectivity index (χ2v) is 20.4. The van der Waals surface area contributed by atoms with Crippen LogP contribution in [0.3, 0.4) is 0 Å². The van der Waals surface area contributed by atoms with E-state index in [0.717, 1.165) is 0 Å². The predicted molar refractivity (Wildman–Crippen MR) is 265 cm³/mol. The summed E-state index contributed by atoms with van der Waals surface area (Å²) in [5, 5.41) is 36.3. The summed E-state index contributed by atoms with van der Waals surface area (Å²) >= 11 is 0. The molecule has 9 amide bonds. The monoisotopic (exact) mass is 1030 g/mol. The number of nitrogens with zero attached hydrogens (tertiary/aromatic N) is 4. The van der Waals surface area contributed by atoms with Gasteiger partial charge in [-0.1, -0.05) is 68.2 Å². The Morgan fingerprint density at radius 3 is 1.59 bits per heavy atom. The maximum atomic E-state index is 14.5. The summed E-state index contributed by atoms with van der Waals surface area (Å²) in [6.45, 7) is 13.6. The quantitative estimate of drug-likeness (QED) is 0.0514. The Morgan fingerprint density at radius 1 is 0.644 bits per heavy atom. The van der Waals surface area contributed by atoms with Crippen molar-refractivity contribution < 1.29 is 58.2 Å². The van der Waals surface area contributed by atoms with Gasteiger partial charge in [-0.05, 0) is 68.6 Å². The van der Waals surface area contributed by atoms with Gasteiger partial charge in [0.15, 0.2) is 0 Å². The lowest BCUT2D eigenvalue weighted by Crippen LogP contribution is -2.62. The van der Waals surface area contributed by atoms with Crippen molar-refractivity contribution in [3.63, 3.8) is 0 Å². The number of carbonyl (C=O) groups is 10. The van der Waals surface area contributed by atoms with Crippen LogP contribution < -0.4 is 37.6 Å². The van der Waals surface area contributed by atoms with E-state index >= 15 is 0 Å². The van der Waals surface area contributed by atoms with E-state index in [2.05, 4.69) is 41.9 Å². The van der Waals surface area contributed by atoms with E-state index in [9.17, 15) is 58.2 Å². The molecule has 0 bridgehead atoms. The molecule has 24 nitrogen and oxygen atoms in total. The molecular weight excluding hydrogens is 949 g/mol. The normalized spacial score (nSPS) is 21.0. The number of carboxylic acid groups (broad SMARTS) is 1. The number of likely N-dealkylation sites (tertiary alicyclic amines) is 3. The molecular formula is C49H80N12O12. The van der Waals surface area contributed by atoms with E-state index in [0.29, 0.717) is 44.2 Å². The molecule has 4 heterocycles. The summed E-state index contributed by atoms with van der Waals surface area (Å²) in [4.78, 5) is 147. The van der Waals surface area contributed by atoms with E-state index in [4.69, 9.17) is 5.73 Å². The number of rotatable bonds is 26. The molecule has 1 aromatic heterocycles. The number of aromatic nitrogens is 2. The Kier molecular flexibility index (Phi) is 22.6. The fourth-order valence-electron chi connectivity index (χ4n) is 9.63. The number of aliphatic hydroxyl groups excluding tert-OH is 1. The Balaban J connectivity index is 1.47. The van der Waals surface area contributed by atoms with Crippen LogP contribution in [0.25, 0.3) is 0 Å². The van der Waals surface area contributed by atoms with Gasteiger partial charge in [0.25, 0.3) is 0 Å². The number of hydrogen-bond acceptors (Lipinski definition) is 13. The zero-order chi connectivity index (χ0) is 54.3. The molecule has 1 aromatic rings. The van der Waals surface area contributed by atoms with Crippen molar-refractivity contribution in [1.29, 1.82) is 0 Å². The topological polar surface area (TPSA) is 348 Å². The highest BCUT2D eigenvalue weighted by Crippen LogP contribution is 2.25. The molecule has 4 rings (SSSR count). The minimum absolute atomic E-state index is 0.0201. The lowest BCUT2D eigenvalue weighted by atomic mass is 9.96. The van der Waals surface area contributed by atoms with Gasteiger partial charge in [0.05, 0.1) is 19.5 Å². The van der Waals surface area contributed by atoms with Crippen LogP contribution in [-0.2, 0) is 54.4 Å². The van der Waals surface area contributed by atoms with E-state index in [-0.39, 0.29) is 63.7 Å². The van der Waals surface area contributed by atoms with Crippen LogP contribution in [-0.4, -0.2) is 181 Å². The molecule has 3 aliphatic heterocycles. The van der Waals surface area contributed by atoms with Crippen molar-refractivity contribution in [2.45, 2.75) is 174 Å². The minimum atomic E-state index is -1.52. The minimum Gasteiger partial charge on any atom is -0.480 e. The first kappa shape index (κ1) is 59.4. The van der Waals surface area contributed by atoms with Crippen molar-refractivity contribution in [3.05, 3.63) is 18.2 Å². The number of amides is 9. The summed E-state index contributed by atoms with van der Waals surface area (Å²) in [6, 6.07) is -10.3. The SMILES string of the molecule is CC[C@H](C)[C@H](NC(=O)[C@@H]1CCCN1C(=O)[C@H](Cc1cnc[nH]1)NC(=O)[C@@H](NC(=O)[C@@H]1CCCN1C(=O)[C@@H](NC(=O)[C@H](CO)NC(=O)[C@@H]1CCCN1C(=O)[C@H](CC(C)C)NC(=O)CN)[C@@H](C)CC)C(C)C)C(=O)O. The number of aliphatic hydroxyl groups is 1. The number of hydrogen-bond donors (Lipinski definition) is 10. The number of H-pyrrole nitrogens is 1. The largest absolute Gasteiger partial charge is 0.480 e. The van der Waals surface area contributed by atoms with Crippen LogP contribution >= 0.6 is 0 Å². The molecule has 3 saturated heterocycles. The highest BCUT2D eigenvalue weighted by atomic mass is 16.4. The van der Waals surface area contributed by atoms with Gasteiger partial charge < -0.3 is 67.5 Å². The second kappa shape index (κ2) is 27.8. The number of nitrogens with two attached hydrogens (primary N) is 1. The number of imidazole rings is 1. The molecule has 0 unspecified atom stereocenters. The molecule has 11 atom stereocenters. The summed E-state index contributed by atoms with van der Waals surface area (Å²) in [7, 11) is 0. The molecule has 11 N–H and O–H groups in total. The van der Waals surface area contributed by atoms with Crippen LogP contribution in [0, 0.1) is 23.7 Å². The third-order valence-electron chi connectivity index (χ3n) is 14.3. The number of aromatic amines is 1. The van der Waals surface area contributed by atoms with E-state index in [1.807, 2.05) is 27.7 Å². The van der Waals surface area contributed by atoms with Crippen LogP contribution in [0.5, 0.6) is 0 Å². The molecule has 0 aliphatic carbocycles. The number of aliphatic carboxylic acids is 1. The maximum absolute atomic E-state index is 14.5. The Morgan fingerprint density at radius 2 is 1.14 bits per heavy atom. The standard InChI is InChI=1S/C49H80N12O12/c1-9-28(7)39(57-41(64)33(24-62)55-42(65)34-14-11-17-59(34)46(69)31(20-26(3)4)53-37(63)22-50)48(71)61-19-13-16-36(61)43(66)56-38(27(5)6)45(68)54-32(21-30-23-51-25-52-30)47(70)60-18-12-15-35(60)44(67)58-40(49(72)73)29(8)10-2/h23,25-29,31-36,38-40,62H,9-22,24,50H2,1-8H3,(H,51,52)(H,53,63)(H,54,68)(H,55,65)(H,56,66)(H,57,64)(H,58,67)(H,72,73)/t28-,29-,31-,32-,33-,34-,35-,36-,38-,39-,40-/m0/s1. The average molecular weight is 1030 g/mol. The molecule has 3 fully saturated rings. The Bertz CT molecular complexity index is 2110. The molecule has 408 valence electrons. The van der Waals surface area contributed by atoms with Crippen molar-refractivity contribution in [3.8, 4) is 0 Å². The third-order valence-corrected chi connectivity index (χ3v) is 14.3. The molecule has 0 radical (unpaired) electrons. The van der Waals surface area contributed by atoms with Crippen molar-refractivity contribution in [2.24, 2.45) is 29.4 Å². The molecule has 0 saturated carbocycles. The second-order valence-electron chi connectivity index (χ2n) is 20.4. The zero-order valence-corrected chi connectivity index (χ0v) is 43.6. The Labute approximate surface area is 427 Å². The van der Waals surface area contributed by atoms with Crippen LogP contribution in [0.15, 0.2) is 12.5 Å². The highest BCUT2D eigenvalue weighted by Gasteiger charge is 2.44. The highest BCUT2D eigenvalue weighted by molar-refractivity contribution is 5.99. The number of nitrogens with one attached hydrogen (secondary N) is 7. The summed E-state index contributed by atoms with van der Waals surface area (Å²) < 4.78 is 0. The fraction of sp³-hybridized carbons (Fsp3) is 0.735. The van der Waals surface area contributed by atoms with Gasteiger partial charge in [-0.15, -0.1) is 0 Å². The van der Waals surface area contributed by atoms with E-state index in [1.54, 1.807) is 27.7 Å². The fourth-order valence-corrected chi connectivity index (χ4v) is 9.63. The van der Waals surface area contributed by atoms with Gasteiger partial charge in [0.2, 0.25) is 53.2 Å². The number of carboxylic acids is 1. The molecule has 73 heavy (non-hydrogen) atoms. The van der Waals surface area contributed by atoms with Crippen molar-refractivity contribution >= 4 is 59.1 Å². The molecule has 0 spiro atoms. The van der Waals surface area contributed by atoms with Gasteiger partial charge in [0, 0.05) is 37.9 Å². The Hall–Kier alpha value is -6.17. The average Bonchev–Trinajstić information content (AvgIpc) is 4.22. The first-order valence-corrected chi connectivity index (χ1v) is 25.8. The van der Waals surface area contributed by atoms with Gasteiger partial charge in [0.1, 0.15) is 54.4 Å². The molecule has 0 aromatic carbocycles. The van der Waals surface area contributed by atoms with Crippen molar-refractivity contribution in [1.82, 2.24) is 56.6 Å². The van der Waals surface area contributed by atoms with Crippen LogP contribution in [0.1, 0.15) is 119 Å². The van der Waals surface area contributed by atoms with E-state index < -0.39 is 132 Å². The summed E-state index contributed by atoms with van der Waals surface area (Å²) in [6.07, 6.45) is 6.15. The van der Waals surface area contributed by atoms with Crippen molar-refractivity contribution in [2.75, 3.05) is 32.8 Å². The molecule has 24 heteroatoms. The number of carbonyl (C=O) groups excluding carboxylic acids is 9. The van der Waals surface area contributed by atoms with E-state index in [1.165, 1.54) is 27.2 Å². The molecule has 3 aliphatic rings. The first-order valence-electron chi connectivity index (χ1n) is 25.8. The third kappa shape index (κ3) is 15.7. The van der Waals surface area contributed by atoms with Crippen LogP contribution in [0.4, 0.5) is 0 Å². The lowest BCUT2D eigenvalue weighted by Gasteiger charge is -2.34. The smallest absolute Gasteiger partial charge is 0.326 e. The predicted octanol–water partition coefficient (Wildman–Crippen LogP) is -1.34. The lowest BCUT2D eigenvalue weighted by molar-refractivity contribution is -0.146. The van der Waals surface area contributed by atoms with Gasteiger partial charge in [-0.2, -0.15) is 0 Å². The van der Waals surface area contributed by atoms with Gasteiger partial charge in [-0.25, -0.2) is 9.78 Å². The summed E-state index contributed by atoms with van der Waals surface area (Å²) in [5.74, 6) is -8.29. The first-order chi connectivity index (χ1) is 34.6. The maximum Gasteiger partial charge on any atom is 0.326 e. The van der Waals surface area contributed by atoms with Gasteiger partial charge >= 0.3 is 5.97 Å². The van der Waals surface area contributed by atoms with Gasteiger partial charge in [-0.3, -0.25) is 43.2 Å². The van der Waals surface area contributed by atoms with Crippen LogP contribution in [0.2, 0.25) is 0 Å². The zero-order valence-electron chi connectivity index (χ0n) is 43.6. The summed E-state index contributed by atoms with van der Waals surface area (Å²) in [5.41, 5.74) is 5.98.